The summed E-state index contributed by atoms with van der Waals surface area (Å²) in [7, 11) is 0. The van der Waals surface area contributed by atoms with Crippen LogP contribution in [0.1, 0.15) is 30.1 Å². The minimum Gasteiger partial charge on any atom is -0.508 e. The van der Waals surface area contributed by atoms with E-state index in [1.807, 2.05) is 13.8 Å². The number of nitrogens with two attached hydrogens (primary N) is 1. The highest BCUT2D eigenvalue weighted by molar-refractivity contribution is 5.94. The first kappa shape index (κ1) is 19.5. The Balaban J connectivity index is 1.89. The van der Waals surface area contributed by atoms with Crippen LogP contribution in [0, 0.1) is 0 Å². The van der Waals surface area contributed by atoms with E-state index in [1.54, 1.807) is 36.5 Å². The van der Waals surface area contributed by atoms with Crippen molar-refractivity contribution in [3.8, 4) is 28.6 Å². The van der Waals surface area contributed by atoms with Gasteiger partial charge in [0.1, 0.15) is 11.5 Å². The van der Waals surface area contributed by atoms with Crippen LogP contribution in [0.25, 0.3) is 28.0 Å². The predicted molar refractivity (Wildman–Crippen MR) is 112 cm³/mol. The lowest BCUT2D eigenvalue weighted by Crippen LogP contribution is -2.20. The summed E-state index contributed by atoms with van der Waals surface area (Å²) < 4.78 is 2.79. The van der Waals surface area contributed by atoms with E-state index in [2.05, 4.69) is 10.2 Å². The van der Waals surface area contributed by atoms with Crippen LogP contribution in [-0.4, -0.2) is 42.0 Å². The Morgan fingerprint density at radius 2 is 1.93 bits per heavy atom. The molecule has 154 valence electrons. The van der Waals surface area contributed by atoms with Gasteiger partial charge in [0, 0.05) is 17.6 Å². The maximum absolute atomic E-state index is 12.5. The minimum absolute atomic E-state index is 0.000314. The second-order valence-corrected chi connectivity index (χ2v) is 7.30. The van der Waals surface area contributed by atoms with Crippen LogP contribution in [0.2, 0.25) is 0 Å². The number of aromatic amines is 1. The summed E-state index contributed by atoms with van der Waals surface area (Å²) in [5.41, 5.74) is 7.08. The lowest BCUT2D eigenvalue weighted by molar-refractivity contribution is 0.0928. The minimum atomic E-state index is -0.486. The Kier molecular flexibility index (Phi) is 4.67. The van der Waals surface area contributed by atoms with Gasteiger partial charge in [-0.25, -0.2) is 14.5 Å². The highest BCUT2D eigenvalue weighted by atomic mass is 16.3. The number of carbonyl (C=O) groups is 1. The monoisotopic (exact) mass is 407 g/mol. The number of aromatic nitrogens is 4. The highest BCUT2D eigenvalue weighted by Gasteiger charge is 2.20. The first-order chi connectivity index (χ1) is 14.3. The lowest BCUT2D eigenvalue weighted by Gasteiger charge is -2.13. The van der Waals surface area contributed by atoms with Gasteiger partial charge < -0.3 is 15.9 Å². The van der Waals surface area contributed by atoms with Crippen molar-refractivity contribution in [2.24, 2.45) is 5.73 Å². The van der Waals surface area contributed by atoms with Crippen molar-refractivity contribution in [3.05, 3.63) is 58.6 Å². The highest BCUT2D eigenvalue weighted by Crippen LogP contribution is 2.37. The summed E-state index contributed by atoms with van der Waals surface area (Å²) in [4.78, 5) is 24.5. The molecule has 0 radical (unpaired) electrons. The van der Waals surface area contributed by atoms with Gasteiger partial charge in [0.15, 0.2) is 5.82 Å². The maximum atomic E-state index is 12.5. The molecular weight excluding hydrogens is 386 g/mol. The number of H-pyrrole nitrogens is 1. The number of aromatic hydroxyl groups is 2. The number of fused-ring (bicyclic) bond motifs is 1. The quantitative estimate of drug-likeness (QED) is 0.409. The SMILES string of the molecule is CC(C)c1cc(-c2n[nH]c(=O)n2-c2ccc3c(ccn3C(=O)CN)c2)c(O)cc1O. The molecule has 0 aliphatic carbocycles. The van der Waals surface area contributed by atoms with Gasteiger partial charge in [-0.15, -0.1) is 0 Å². The number of carbonyl (C=O) groups excluding carboxylic acids is 1. The van der Waals surface area contributed by atoms with Gasteiger partial charge in [-0.2, -0.15) is 5.10 Å². The standard InChI is InChI=1S/C21H21N5O4/c1-11(2)14-8-15(18(28)9-17(14)27)20-23-24-21(30)26(20)13-3-4-16-12(7-13)5-6-25(16)19(29)10-22/h3-9,11,27-28H,10,22H2,1-2H3,(H,24,30). The average molecular weight is 407 g/mol. The largest absolute Gasteiger partial charge is 0.508 e. The Labute approximate surface area is 171 Å². The van der Waals surface area contributed by atoms with Crippen molar-refractivity contribution in [1.82, 2.24) is 19.3 Å². The molecule has 4 aromatic rings. The molecule has 9 nitrogen and oxygen atoms in total. The fraction of sp³-hybridized carbons (Fsp3) is 0.190. The van der Waals surface area contributed by atoms with Crippen molar-refractivity contribution in [2.45, 2.75) is 19.8 Å². The smallest absolute Gasteiger partial charge is 0.348 e. The van der Waals surface area contributed by atoms with E-state index in [0.29, 0.717) is 22.3 Å². The second kappa shape index (κ2) is 7.20. The number of nitrogens with one attached hydrogen (secondary N) is 1. The third-order valence-corrected chi connectivity index (χ3v) is 5.06. The molecule has 2 aromatic carbocycles. The molecular formula is C21H21N5O4. The normalized spacial score (nSPS) is 11.5. The lowest BCUT2D eigenvalue weighted by atomic mass is 9.98. The van der Waals surface area contributed by atoms with E-state index < -0.39 is 5.69 Å². The Morgan fingerprint density at radius 1 is 1.17 bits per heavy atom. The molecule has 0 saturated carbocycles. The molecule has 9 heteroatoms. The first-order valence-corrected chi connectivity index (χ1v) is 9.40. The summed E-state index contributed by atoms with van der Waals surface area (Å²) in [5, 5.41) is 27.8. The van der Waals surface area contributed by atoms with Crippen molar-refractivity contribution in [2.75, 3.05) is 6.54 Å². The fourth-order valence-corrected chi connectivity index (χ4v) is 3.54. The number of nitrogens with zero attached hydrogens (tertiary/aromatic N) is 3. The molecule has 0 unspecified atom stereocenters. The van der Waals surface area contributed by atoms with E-state index in [0.717, 1.165) is 5.39 Å². The fourth-order valence-electron chi connectivity index (χ4n) is 3.54. The first-order valence-electron chi connectivity index (χ1n) is 9.40. The zero-order valence-corrected chi connectivity index (χ0v) is 16.5. The van der Waals surface area contributed by atoms with Gasteiger partial charge in [0.25, 0.3) is 0 Å². The van der Waals surface area contributed by atoms with Gasteiger partial charge >= 0.3 is 5.69 Å². The van der Waals surface area contributed by atoms with Gasteiger partial charge in [0.05, 0.1) is 23.3 Å². The molecule has 0 saturated heterocycles. The van der Waals surface area contributed by atoms with Crippen molar-refractivity contribution in [3.63, 3.8) is 0 Å². The molecule has 2 aromatic heterocycles. The Bertz CT molecular complexity index is 1330. The van der Waals surface area contributed by atoms with Crippen molar-refractivity contribution < 1.29 is 15.0 Å². The van der Waals surface area contributed by atoms with E-state index in [9.17, 15) is 19.8 Å². The third kappa shape index (κ3) is 3.05. The molecule has 0 fully saturated rings. The third-order valence-electron chi connectivity index (χ3n) is 5.06. The van der Waals surface area contributed by atoms with Crippen molar-refractivity contribution >= 4 is 16.8 Å². The van der Waals surface area contributed by atoms with Gasteiger partial charge in [0.2, 0.25) is 5.91 Å². The molecule has 0 amide bonds. The number of phenols is 2. The number of hydrogen-bond donors (Lipinski definition) is 4. The topological polar surface area (TPSA) is 139 Å². The number of benzene rings is 2. The molecule has 0 aliphatic rings. The van der Waals surface area contributed by atoms with E-state index in [4.69, 9.17) is 5.73 Å². The van der Waals surface area contributed by atoms with Gasteiger partial charge in [-0.05, 0) is 41.8 Å². The van der Waals surface area contributed by atoms with Crippen LogP contribution in [0.3, 0.4) is 0 Å². The summed E-state index contributed by atoms with van der Waals surface area (Å²) in [6.45, 7) is 3.71. The Morgan fingerprint density at radius 3 is 2.63 bits per heavy atom. The van der Waals surface area contributed by atoms with Crippen LogP contribution in [0.15, 0.2) is 47.4 Å². The summed E-state index contributed by atoms with van der Waals surface area (Å²) in [6.07, 6.45) is 1.63. The zero-order valence-electron chi connectivity index (χ0n) is 16.5. The van der Waals surface area contributed by atoms with Crippen LogP contribution in [0.4, 0.5) is 0 Å². The van der Waals surface area contributed by atoms with Crippen LogP contribution in [-0.2, 0) is 0 Å². The zero-order chi connectivity index (χ0) is 21.6. The molecule has 0 spiro atoms. The second-order valence-electron chi connectivity index (χ2n) is 7.30. The number of phenolic OH excluding ortho intramolecular Hbond substituents is 2. The van der Waals surface area contributed by atoms with Crippen LogP contribution in [0.5, 0.6) is 11.5 Å². The number of hydrogen-bond acceptors (Lipinski definition) is 6. The summed E-state index contributed by atoms with van der Waals surface area (Å²) in [6, 6.07) is 9.77. The predicted octanol–water partition coefficient (Wildman–Crippen LogP) is 2.32. The van der Waals surface area contributed by atoms with Crippen molar-refractivity contribution in [1.29, 1.82) is 0 Å². The van der Waals surface area contributed by atoms with E-state index in [-0.39, 0.29) is 35.7 Å². The molecule has 0 atom stereocenters. The molecule has 0 aliphatic heterocycles. The van der Waals surface area contributed by atoms with E-state index in [1.165, 1.54) is 15.2 Å². The summed E-state index contributed by atoms with van der Waals surface area (Å²) >= 11 is 0. The molecule has 4 rings (SSSR count). The number of rotatable bonds is 4. The molecule has 0 bridgehead atoms. The molecule has 5 N–H and O–H groups in total. The average Bonchev–Trinajstić information content (AvgIpc) is 3.30. The Hall–Kier alpha value is -3.85. The molecule has 2 heterocycles. The van der Waals surface area contributed by atoms with Crippen LogP contribution >= 0.6 is 0 Å². The molecule has 30 heavy (non-hydrogen) atoms. The van der Waals surface area contributed by atoms with Crippen LogP contribution < -0.4 is 11.4 Å². The van der Waals surface area contributed by atoms with Gasteiger partial charge in [-0.3, -0.25) is 9.36 Å². The maximum Gasteiger partial charge on any atom is 0.348 e. The van der Waals surface area contributed by atoms with Gasteiger partial charge in [-0.1, -0.05) is 13.8 Å². The summed E-state index contributed by atoms with van der Waals surface area (Å²) in [5.74, 6) is -0.258. The van der Waals surface area contributed by atoms with E-state index >= 15 is 0 Å².